The summed E-state index contributed by atoms with van der Waals surface area (Å²) < 4.78 is 4.98. The molecule has 1 saturated heterocycles. The van der Waals surface area contributed by atoms with Crippen LogP contribution in [0.4, 0.5) is 11.4 Å². The van der Waals surface area contributed by atoms with Crippen LogP contribution in [-0.2, 0) is 16.0 Å². The minimum Gasteiger partial charge on any atom is -0.481 e. The average molecular weight is 336 g/mol. The average Bonchev–Trinajstić information content (AvgIpc) is 2.90. The Morgan fingerprint density at radius 2 is 2.04 bits per heavy atom. The third-order valence-corrected chi connectivity index (χ3v) is 3.91. The quantitative estimate of drug-likeness (QED) is 0.838. The van der Waals surface area contributed by atoms with E-state index >= 15 is 0 Å². The van der Waals surface area contributed by atoms with Crippen molar-refractivity contribution in [3.05, 3.63) is 48.2 Å². The Kier molecular flexibility index (Phi) is 4.61. The molecule has 7 heteroatoms. The number of anilines is 2. The van der Waals surface area contributed by atoms with Crippen molar-refractivity contribution in [2.45, 2.75) is 18.9 Å². The number of nitrogens with one attached hydrogen (secondary N) is 1. The summed E-state index contributed by atoms with van der Waals surface area (Å²) in [6.45, 7) is 0. The first kappa shape index (κ1) is 16.5. The fraction of sp³-hybridized carbons (Fsp3) is 0.222. The van der Waals surface area contributed by atoms with E-state index in [2.05, 4.69) is 16.4 Å². The van der Waals surface area contributed by atoms with E-state index < -0.39 is 6.04 Å². The molecule has 0 radical (unpaired) electrons. The molecule has 1 N–H and O–H groups in total. The first-order valence-electron chi connectivity index (χ1n) is 7.71. The number of hydrogen-bond acceptors (Lipinski definition) is 6. The summed E-state index contributed by atoms with van der Waals surface area (Å²) in [5.74, 6) is -0.191. The molecule has 126 valence electrons. The van der Waals surface area contributed by atoms with Gasteiger partial charge >= 0.3 is 0 Å². The lowest BCUT2D eigenvalue weighted by Crippen LogP contribution is -2.34. The van der Waals surface area contributed by atoms with Crippen LogP contribution in [0.15, 0.2) is 42.6 Å². The number of nitriles is 1. The van der Waals surface area contributed by atoms with Crippen LogP contribution in [0.3, 0.4) is 0 Å². The van der Waals surface area contributed by atoms with Crippen molar-refractivity contribution in [1.82, 2.24) is 4.98 Å². The molecular weight excluding hydrogens is 320 g/mol. The standard InChI is InChI=1S/C18H16N4O3/c1-25-16-7-6-14(11-20-16)22-17(23)10-15(18(22)24)21-13-4-2-12(3-5-13)8-9-19/h2-7,11,15,21H,8,10H2,1H3/t15-/m0/s1. The number of amides is 2. The van der Waals surface area contributed by atoms with Crippen molar-refractivity contribution in [2.24, 2.45) is 0 Å². The molecule has 0 saturated carbocycles. The minimum atomic E-state index is -0.628. The molecule has 1 aliphatic rings. The molecule has 1 fully saturated rings. The maximum absolute atomic E-state index is 12.6. The summed E-state index contributed by atoms with van der Waals surface area (Å²) in [6, 6.07) is 11.9. The topological polar surface area (TPSA) is 95.3 Å². The summed E-state index contributed by atoms with van der Waals surface area (Å²) in [6.07, 6.45) is 1.85. The van der Waals surface area contributed by atoms with Crippen molar-refractivity contribution >= 4 is 23.2 Å². The molecule has 2 heterocycles. The van der Waals surface area contributed by atoms with Crippen LogP contribution in [0.2, 0.25) is 0 Å². The van der Waals surface area contributed by atoms with Crippen LogP contribution >= 0.6 is 0 Å². The molecule has 0 bridgehead atoms. The summed E-state index contributed by atoms with van der Waals surface area (Å²) in [4.78, 5) is 30.0. The SMILES string of the molecule is COc1ccc(N2C(=O)C[C@H](Nc3ccc(CC#N)cc3)C2=O)cn1. The molecule has 25 heavy (non-hydrogen) atoms. The molecular formula is C18H16N4O3. The number of ether oxygens (including phenoxy) is 1. The van der Waals surface area contributed by atoms with Gasteiger partial charge in [-0.3, -0.25) is 9.59 Å². The molecule has 7 nitrogen and oxygen atoms in total. The number of nitrogens with zero attached hydrogens (tertiary/aromatic N) is 3. The third kappa shape index (κ3) is 3.43. The number of rotatable bonds is 5. The van der Waals surface area contributed by atoms with Gasteiger partial charge in [-0.15, -0.1) is 0 Å². The van der Waals surface area contributed by atoms with Gasteiger partial charge in [0.2, 0.25) is 11.8 Å². The summed E-state index contributed by atoms with van der Waals surface area (Å²) in [5, 5.41) is 11.8. The van der Waals surface area contributed by atoms with Gasteiger partial charge in [-0.2, -0.15) is 5.26 Å². The predicted octanol–water partition coefficient (Wildman–Crippen LogP) is 1.90. The van der Waals surface area contributed by atoms with Crippen molar-refractivity contribution in [3.8, 4) is 11.9 Å². The van der Waals surface area contributed by atoms with Crippen LogP contribution in [0.5, 0.6) is 5.88 Å². The van der Waals surface area contributed by atoms with E-state index in [0.29, 0.717) is 18.0 Å². The van der Waals surface area contributed by atoms with E-state index in [1.807, 2.05) is 12.1 Å². The Bertz CT molecular complexity index is 825. The normalized spacial score (nSPS) is 16.6. The van der Waals surface area contributed by atoms with Crippen LogP contribution in [0.1, 0.15) is 12.0 Å². The molecule has 1 atom stereocenters. The van der Waals surface area contributed by atoms with Gasteiger partial charge in [0, 0.05) is 11.8 Å². The molecule has 1 aromatic heterocycles. The van der Waals surface area contributed by atoms with E-state index in [-0.39, 0.29) is 18.2 Å². The predicted molar refractivity (Wildman–Crippen MR) is 91.1 cm³/mol. The van der Waals surface area contributed by atoms with E-state index in [1.165, 1.54) is 13.3 Å². The molecule has 0 spiro atoms. The minimum absolute atomic E-state index is 0.0742. The van der Waals surface area contributed by atoms with Crippen LogP contribution < -0.4 is 15.0 Å². The first-order chi connectivity index (χ1) is 12.1. The maximum Gasteiger partial charge on any atom is 0.256 e. The number of carbonyl (C=O) groups excluding carboxylic acids is 2. The zero-order valence-electron chi connectivity index (χ0n) is 13.6. The highest BCUT2D eigenvalue weighted by Gasteiger charge is 2.39. The number of imide groups is 1. The van der Waals surface area contributed by atoms with Gasteiger partial charge in [-0.25, -0.2) is 9.88 Å². The number of hydrogen-bond donors (Lipinski definition) is 1. The second-order valence-electron chi connectivity index (χ2n) is 5.56. The molecule has 0 aliphatic carbocycles. The highest BCUT2D eigenvalue weighted by molar-refractivity contribution is 6.23. The lowest BCUT2D eigenvalue weighted by molar-refractivity contribution is -0.121. The van der Waals surface area contributed by atoms with Gasteiger partial charge in [0.15, 0.2) is 0 Å². The number of carbonyl (C=O) groups is 2. The Hall–Kier alpha value is -3.40. The Balaban J connectivity index is 1.73. The fourth-order valence-corrected chi connectivity index (χ4v) is 2.65. The van der Waals surface area contributed by atoms with Crippen LogP contribution in [0, 0.1) is 11.3 Å². The lowest BCUT2D eigenvalue weighted by Gasteiger charge is -2.16. The van der Waals surface area contributed by atoms with E-state index in [1.54, 1.807) is 24.3 Å². The Morgan fingerprint density at radius 1 is 1.28 bits per heavy atom. The third-order valence-electron chi connectivity index (χ3n) is 3.91. The smallest absolute Gasteiger partial charge is 0.256 e. The number of benzene rings is 1. The highest BCUT2D eigenvalue weighted by atomic mass is 16.5. The second kappa shape index (κ2) is 7.01. The van der Waals surface area contributed by atoms with Crippen LogP contribution in [0.25, 0.3) is 0 Å². The van der Waals surface area contributed by atoms with Crippen molar-refractivity contribution in [2.75, 3.05) is 17.3 Å². The van der Waals surface area contributed by atoms with Gasteiger partial charge in [0.1, 0.15) is 6.04 Å². The van der Waals surface area contributed by atoms with Gasteiger partial charge < -0.3 is 10.1 Å². The van der Waals surface area contributed by atoms with Crippen molar-refractivity contribution < 1.29 is 14.3 Å². The molecule has 0 unspecified atom stereocenters. The van der Waals surface area contributed by atoms with Gasteiger partial charge in [0.05, 0.1) is 37.9 Å². The summed E-state index contributed by atoms with van der Waals surface area (Å²) >= 11 is 0. The molecule has 2 amide bonds. The lowest BCUT2D eigenvalue weighted by atomic mass is 10.1. The van der Waals surface area contributed by atoms with Gasteiger partial charge in [0.25, 0.3) is 5.91 Å². The van der Waals surface area contributed by atoms with Crippen molar-refractivity contribution in [1.29, 1.82) is 5.26 Å². The molecule has 3 rings (SSSR count). The fourth-order valence-electron chi connectivity index (χ4n) is 2.65. The van der Waals surface area contributed by atoms with Gasteiger partial charge in [-0.05, 0) is 23.8 Å². The monoisotopic (exact) mass is 336 g/mol. The number of pyridine rings is 1. The van der Waals surface area contributed by atoms with Gasteiger partial charge in [-0.1, -0.05) is 12.1 Å². The second-order valence-corrected chi connectivity index (χ2v) is 5.56. The highest BCUT2D eigenvalue weighted by Crippen LogP contribution is 2.25. The van der Waals surface area contributed by atoms with E-state index in [0.717, 1.165) is 16.2 Å². The van der Waals surface area contributed by atoms with E-state index in [4.69, 9.17) is 10.00 Å². The Morgan fingerprint density at radius 3 is 2.64 bits per heavy atom. The Labute approximate surface area is 144 Å². The van der Waals surface area contributed by atoms with Crippen LogP contribution in [-0.4, -0.2) is 29.9 Å². The molecule has 1 aliphatic heterocycles. The number of aromatic nitrogens is 1. The summed E-state index contributed by atoms with van der Waals surface area (Å²) in [7, 11) is 1.50. The summed E-state index contributed by atoms with van der Waals surface area (Å²) in [5.41, 5.74) is 2.04. The zero-order valence-corrected chi connectivity index (χ0v) is 13.6. The largest absolute Gasteiger partial charge is 0.481 e. The molecule has 1 aromatic carbocycles. The van der Waals surface area contributed by atoms with Crippen molar-refractivity contribution in [3.63, 3.8) is 0 Å². The van der Waals surface area contributed by atoms with E-state index in [9.17, 15) is 9.59 Å². The maximum atomic E-state index is 12.6. The zero-order chi connectivity index (χ0) is 17.8. The molecule has 2 aromatic rings. The number of methoxy groups -OCH3 is 1. The first-order valence-corrected chi connectivity index (χ1v) is 7.71.